The van der Waals surface area contributed by atoms with Gasteiger partial charge in [0.05, 0.1) is 6.20 Å². The molecule has 1 aromatic carbocycles. The first-order chi connectivity index (χ1) is 11.3. The van der Waals surface area contributed by atoms with Gasteiger partial charge in [0.2, 0.25) is 6.79 Å². The summed E-state index contributed by atoms with van der Waals surface area (Å²) >= 11 is 1.39. The summed E-state index contributed by atoms with van der Waals surface area (Å²) in [6, 6.07) is 5.95. The second-order valence-corrected chi connectivity index (χ2v) is 6.63. The zero-order chi connectivity index (χ0) is 15.6. The molecule has 0 atom stereocenters. The zero-order valence-corrected chi connectivity index (χ0v) is 14.5. The molecule has 3 heterocycles. The van der Waals surface area contributed by atoms with E-state index in [4.69, 9.17) is 9.47 Å². The van der Waals surface area contributed by atoms with E-state index in [2.05, 4.69) is 15.6 Å². The summed E-state index contributed by atoms with van der Waals surface area (Å²) < 4.78 is 10.7. The molecule has 6 nitrogen and oxygen atoms in total. The van der Waals surface area contributed by atoms with Crippen molar-refractivity contribution in [2.24, 2.45) is 0 Å². The maximum atomic E-state index is 12.3. The van der Waals surface area contributed by atoms with E-state index in [9.17, 15) is 4.79 Å². The Morgan fingerprint density at radius 3 is 2.88 bits per heavy atom. The van der Waals surface area contributed by atoms with Gasteiger partial charge in [0.15, 0.2) is 11.5 Å². The average molecular weight is 368 g/mol. The van der Waals surface area contributed by atoms with Crippen LogP contribution in [0.5, 0.6) is 11.5 Å². The van der Waals surface area contributed by atoms with Crippen LogP contribution in [0.2, 0.25) is 0 Å². The Bertz CT molecular complexity index is 731. The van der Waals surface area contributed by atoms with E-state index < -0.39 is 0 Å². The Kier molecular flexibility index (Phi) is 5.23. The summed E-state index contributed by atoms with van der Waals surface area (Å²) in [5.74, 6) is 1.42. The van der Waals surface area contributed by atoms with Gasteiger partial charge in [0.1, 0.15) is 9.88 Å². The van der Waals surface area contributed by atoms with Crippen LogP contribution in [0.4, 0.5) is 0 Å². The molecular weight excluding hydrogens is 350 g/mol. The molecule has 0 saturated carbocycles. The molecular formula is C16H18ClN3O3S. The smallest absolute Gasteiger partial charge is 0.263 e. The number of thiazole rings is 1. The van der Waals surface area contributed by atoms with Crippen molar-refractivity contribution in [2.45, 2.75) is 18.9 Å². The lowest BCUT2D eigenvalue weighted by Gasteiger charge is -2.23. The number of aromatic nitrogens is 1. The van der Waals surface area contributed by atoms with Crippen molar-refractivity contribution in [2.75, 3.05) is 19.9 Å². The Hall–Kier alpha value is -1.83. The first-order valence-corrected chi connectivity index (χ1v) is 8.49. The molecule has 1 fully saturated rings. The second kappa shape index (κ2) is 7.38. The summed E-state index contributed by atoms with van der Waals surface area (Å²) in [5.41, 5.74) is 0.931. The molecule has 2 aliphatic rings. The maximum Gasteiger partial charge on any atom is 0.263 e. The van der Waals surface area contributed by atoms with Gasteiger partial charge in [0.25, 0.3) is 5.91 Å². The fourth-order valence-electron chi connectivity index (χ4n) is 2.76. The summed E-state index contributed by atoms with van der Waals surface area (Å²) in [5, 5.41) is 7.18. The Morgan fingerprint density at radius 1 is 1.25 bits per heavy atom. The van der Waals surface area contributed by atoms with Crippen molar-refractivity contribution in [1.82, 2.24) is 15.6 Å². The lowest BCUT2D eigenvalue weighted by Crippen LogP contribution is -2.42. The van der Waals surface area contributed by atoms with Gasteiger partial charge in [-0.25, -0.2) is 4.98 Å². The average Bonchev–Trinajstić information content (AvgIpc) is 3.24. The quantitative estimate of drug-likeness (QED) is 0.871. The molecule has 8 heteroatoms. The minimum atomic E-state index is -0.0404. The predicted octanol–water partition coefficient (Wildman–Crippen LogP) is 2.44. The highest BCUT2D eigenvalue weighted by Crippen LogP contribution is 2.36. The van der Waals surface area contributed by atoms with Gasteiger partial charge < -0.3 is 20.1 Å². The molecule has 0 radical (unpaired) electrons. The molecule has 1 saturated heterocycles. The van der Waals surface area contributed by atoms with Crippen molar-refractivity contribution in [1.29, 1.82) is 0 Å². The summed E-state index contributed by atoms with van der Waals surface area (Å²) in [6.45, 7) is 2.16. The largest absolute Gasteiger partial charge is 0.454 e. The summed E-state index contributed by atoms with van der Waals surface area (Å²) in [7, 11) is 0. The number of nitrogens with zero attached hydrogens (tertiary/aromatic N) is 1. The normalized spacial score (nSPS) is 16.5. The molecule has 2 aromatic rings. The molecule has 2 N–H and O–H groups in total. The Balaban J connectivity index is 0.00000169. The van der Waals surface area contributed by atoms with Crippen molar-refractivity contribution in [3.05, 3.63) is 29.3 Å². The van der Waals surface area contributed by atoms with Crippen molar-refractivity contribution in [3.8, 4) is 22.1 Å². The van der Waals surface area contributed by atoms with E-state index in [0.29, 0.717) is 4.88 Å². The number of ether oxygens (including phenoxy) is 2. The van der Waals surface area contributed by atoms with Crippen LogP contribution in [0.25, 0.3) is 10.6 Å². The molecule has 0 unspecified atom stereocenters. The van der Waals surface area contributed by atoms with Gasteiger partial charge in [-0.15, -0.1) is 23.7 Å². The summed E-state index contributed by atoms with van der Waals surface area (Å²) in [4.78, 5) is 17.3. The molecule has 0 bridgehead atoms. The first-order valence-electron chi connectivity index (χ1n) is 7.67. The van der Waals surface area contributed by atoms with Gasteiger partial charge in [-0.2, -0.15) is 0 Å². The van der Waals surface area contributed by atoms with Gasteiger partial charge in [0, 0.05) is 11.6 Å². The topological polar surface area (TPSA) is 72.5 Å². The van der Waals surface area contributed by atoms with E-state index in [0.717, 1.165) is 48.0 Å². The molecule has 4 rings (SSSR count). The first kappa shape index (κ1) is 17.0. The third-order valence-corrected chi connectivity index (χ3v) is 5.07. The van der Waals surface area contributed by atoms with Gasteiger partial charge in [-0.05, 0) is 44.1 Å². The molecule has 2 aliphatic heterocycles. The van der Waals surface area contributed by atoms with Gasteiger partial charge in [-0.1, -0.05) is 0 Å². The molecule has 1 amide bonds. The van der Waals surface area contributed by atoms with Crippen LogP contribution in [0, 0.1) is 0 Å². The summed E-state index contributed by atoms with van der Waals surface area (Å²) in [6.07, 6.45) is 3.58. The van der Waals surface area contributed by atoms with Crippen LogP contribution in [0.1, 0.15) is 22.5 Å². The van der Waals surface area contributed by atoms with Crippen LogP contribution >= 0.6 is 23.7 Å². The van der Waals surface area contributed by atoms with Crippen LogP contribution in [-0.2, 0) is 0 Å². The maximum absolute atomic E-state index is 12.3. The van der Waals surface area contributed by atoms with E-state index in [1.807, 2.05) is 18.2 Å². The van der Waals surface area contributed by atoms with E-state index in [1.54, 1.807) is 6.20 Å². The number of carbonyl (C=O) groups is 1. The lowest BCUT2D eigenvalue weighted by atomic mass is 10.1. The van der Waals surface area contributed by atoms with Crippen LogP contribution < -0.4 is 20.1 Å². The van der Waals surface area contributed by atoms with E-state index in [1.165, 1.54) is 11.3 Å². The number of carbonyl (C=O) groups excluding carboxylic acids is 1. The molecule has 0 spiro atoms. The number of hydrogen-bond acceptors (Lipinski definition) is 6. The van der Waals surface area contributed by atoms with E-state index in [-0.39, 0.29) is 31.1 Å². The number of rotatable bonds is 3. The predicted molar refractivity (Wildman–Crippen MR) is 94.3 cm³/mol. The molecule has 0 aliphatic carbocycles. The number of benzene rings is 1. The SMILES string of the molecule is Cl.O=C(NC1CCNCC1)c1cnc(-c2ccc3c(c2)OCO3)s1. The highest BCUT2D eigenvalue weighted by molar-refractivity contribution is 7.16. The number of halogens is 1. The number of hydrogen-bond donors (Lipinski definition) is 2. The fourth-order valence-corrected chi connectivity index (χ4v) is 3.58. The van der Waals surface area contributed by atoms with Gasteiger partial charge in [-0.3, -0.25) is 4.79 Å². The standard InChI is InChI=1S/C16H17N3O3S.ClH/c20-15(19-11-3-5-17-6-4-11)14-8-18-16(23-14)10-1-2-12-13(7-10)22-9-21-12;/h1-2,7-8,11,17H,3-6,9H2,(H,19,20);1H. The Labute approximate surface area is 150 Å². The number of piperidine rings is 1. The second-order valence-electron chi connectivity index (χ2n) is 5.60. The number of nitrogens with one attached hydrogen (secondary N) is 2. The third kappa shape index (κ3) is 3.48. The fraction of sp³-hybridized carbons (Fsp3) is 0.375. The lowest BCUT2D eigenvalue weighted by molar-refractivity contribution is 0.0933. The third-order valence-electron chi connectivity index (χ3n) is 4.02. The molecule has 1 aromatic heterocycles. The van der Waals surface area contributed by atoms with E-state index >= 15 is 0 Å². The van der Waals surface area contributed by atoms with Crippen molar-refractivity contribution >= 4 is 29.7 Å². The number of amides is 1. The Morgan fingerprint density at radius 2 is 2.04 bits per heavy atom. The molecule has 24 heavy (non-hydrogen) atoms. The highest BCUT2D eigenvalue weighted by Gasteiger charge is 2.19. The van der Waals surface area contributed by atoms with Crippen LogP contribution in [-0.4, -0.2) is 36.8 Å². The van der Waals surface area contributed by atoms with Crippen LogP contribution in [0.3, 0.4) is 0 Å². The monoisotopic (exact) mass is 367 g/mol. The molecule has 128 valence electrons. The minimum absolute atomic E-state index is 0. The van der Waals surface area contributed by atoms with Crippen molar-refractivity contribution < 1.29 is 14.3 Å². The van der Waals surface area contributed by atoms with Crippen molar-refractivity contribution in [3.63, 3.8) is 0 Å². The van der Waals surface area contributed by atoms with Gasteiger partial charge >= 0.3 is 0 Å². The minimum Gasteiger partial charge on any atom is -0.454 e. The zero-order valence-electron chi connectivity index (χ0n) is 12.9. The van der Waals surface area contributed by atoms with Crippen LogP contribution in [0.15, 0.2) is 24.4 Å². The highest BCUT2D eigenvalue weighted by atomic mass is 35.5. The number of fused-ring (bicyclic) bond motifs is 1.